The number of benzene rings is 2. The van der Waals surface area contributed by atoms with Gasteiger partial charge in [0.2, 0.25) is 0 Å². The summed E-state index contributed by atoms with van der Waals surface area (Å²) in [5, 5.41) is 10.7. The van der Waals surface area contributed by atoms with Crippen molar-refractivity contribution in [2.24, 2.45) is 0 Å². The van der Waals surface area contributed by atoms with E-state index < -0.39 is 11.4 Å². The molecule has 0 bridgehead atoms. The van der Waals surface area contributed by atoms with E-state index in [4.69, 9.17) is 19.2 Å². The minimum Gasteiger partial charge on any atom is -0.477 e. The third kappa shape index (κ3) is 5.78. The van der Waals surface area contributed by atoms with E-state index in [-0.39, 0.29) is 17.8 Å². The van der Waals surface area contributed by atoms with Crippen LogP contribution in [-0.4, -0.2) is 86.4 Å². The van der Waals surface area contributed by atoms with Gasteiger partial charge < -0.3 is 33.7 Å². The SMILES string of the molecule is COCCOC1CCN(c2ccc(-c3cc(=O)c(C(=O)O)cn3-c3ccc4nc(N5CCC(OC)C5)sc4c3)cc2)C1. The molecule has 11 heteroatoms. The largest absolute Gasteiger partial charge is 0.477 e. The van der Waals surface area contributed by atoms with Gasteiger partial charge in [-0.05, 0) is 48.7 Å². The highest BCUT2D eigenvalue weighted by Crippen LogP contribution is 2.34. The molecule has 2 unspecified atom stereocenters. The van der Waals surface area contributed by atoms with Crippen molar-refractivity contribution in [3.8, 4) is 16.9 Å². The van der Waals surface area contributed by atoms with Gasteiger partial charge in [0.05, 0.1) is 41.3 Å². The van der Waals surface area contributed by atoms with Crippen molar-refractivity contribution >= 4 is 38.3 Å². The van der Waals surface area contributed by atoms with E-state index in [0.717, 1.165) is 71.3 Å². The van der Waals surface area contributed by atoms with Gasteiger partial charge in [-0.1, -0.05) is 23.5 Å². The van der Waals surface area contributed by atoms with Crippen LogP contribution in [-0.2, 0) is 14.2 Å². The third-order valence-corrected chi connectivity index (χ3v) is 9.06. The Morgan fingerprint density at radius 2 is 1.71 bits per heavy atom. The first kappa shape index (κ1) is 28.4. The maximum Gasteiger partial charge on any atom is 0.341 e. The van der Waals surface area contributed by atoms with Crippen molar-refractivity contribution < 1.29 is 24.1 Å². The Kier molecular flexibility index (Phi) is 8.25. The Balaban J connectivity index is 1.30. The summed E-state index contributed by atoms with van der Waals surface area (Å²) < 4.78 is 19.3. The van der Waals surface area contributed by atoms with Crippen molar-refractivity contribution in [1.29, 1.82) is 0 Å². The van der Waals surface area contributed by atoms with Gasteiger partial charge in [-0.25, -0.2) is 9.78 Å². The molecule has 10 nitrogen and oxygen atoms in total. The Morgan fingerprint density at radius 3 is 2.45 bits per heavy atom. The van der Waals surface area contributed by atoms with E-state index in [2.05, 4.69) is 9.80 Å². The number of pyridine rings is 1. The zero-order valence-electron chi connectivity index (χ0n) is 23.7. The number of rotatable bonds is 10. The molecule has 2 aromatic heterocycles. The van der Waals surface area contributed by atoms with Gasteiger partial charge in [0.1, 0.15) is 5.56 Å². The van der Waals surface area contributed by atoms with Crippen LogP contribution < -0.4 is 15.2 Å². The number of hydrogen-bond acceptors (Lipinski definition) is 9. The summed E-state index contributed by atoms with van der Waals surface area (Å²) in [6.07, 6.45) is 3.72. The Hall–Kier alpha value is -3.77. The molecule has 0 radical (unpaired) electrons. The summed E-state index contributed by atoms with van der Waals surface area (Å²) in [5.74, 6) is -1.25. The molecular formula is C31H34N4O6S. The van der Waals surface area contributed by atoms with Crippen LogP contribution in [0.25, 0.3) is 27.2 Å². The zero-order chi connectivity index (χ0) is 29.2. The number of fused-ring (bicyclic) bond motifs is 1. The summed E-state index contributed by atoms with van der Waals surface area (Å²) >= 11 is 1.60. The number of anilines is 2. The van der Waals surface area contributed by atoms with Crippen LogP contribution in [0.3, 0.4) is 0 Å². The second-order valence-electron chi connectivity index (χ2n) is 10.6. The average molecular weight is 591 g/mol. The monoisotopic (exact) mass is 590 g/mol. The van der Waals surface area contributed by atoms with Gasteiger partial charge in [0.25, 0.3) is 0 Å². The van der Waals surface area contributed by atoms with Crippen molar-refractivity contribution in [2.75, 3.05) is 63.4 Å². The summed E-state index contributed by atoms with van der Waals surface area (Å²) in [4.78, 5) is 34.1. The van der Waals surface area contributed by atoms with Crippen molar-refractivity contribution in [1.82, 2.24) is 9.55 Å². The van der Waals surface area contributed by atoms with E-state index >= 15 is 0 Å². The fraction of sp³-hybridized carbons (Fsp3) is 0.387. The predicted octanol–water partition coefficient (Wildman–Crippen LogP) is 4.28. The summed E-state index contributed by atoms with van der Waals surface area (Å²) in [6.45, 7) is 4.57. The molecule has 2 aliphatic heterocycles. The first-order valence-electron chi connectivity index (χ1n) is 14.1. The van der Waals surface area contributed by atoms with Crippen LogP contribution >= 0.6 is 11.3 Å². The molecule has 4 aromatic rings. The molecule has 2 fully saturated rings. The topological polar surface area (TPSA) is 106 Å². The fourth-order valence-corrected chi connectivity index (χ4v) is 6.68. The van der Waals surface area contributed by atoms with Crippen LogP contribution in [0.15, 0.2) is 59.5 Å². The number of nitrogens with zero attached hydrogens (tertiary/aromatic N) is 4. The van der Waals surface area contributed by atoms with Crippen LogP contribution in [0.5, 0.6) is 0 Å². The van der Waals surface area contributed by atoms with E-state index in [1.807, 2.05) is 42.5 Å². The Morgan fingerprint density at radius 1 is 0.976 bits per heavy atom. The van der Waals surface area contributed by atoms with Gasteiger partial charge in [-0.2, -0.15) is 0 Å². The minimum absolute atomic E-state index is 0.169. The summed E-state index contributed by atoms with van der Waals surface area (Å²) in [6, 6.07) is 15.3. The number of methoxy groups -OCH3 is 2. The molecular weight excluding hydrogens is 556 g/mol. The second kappa shape index (κ2) is 12.2. The van der Waals surface area contributed by atoms with Crippen LogP contribution in [0.4, 0.5) is 10.8 Å². The van der Waals surface area contributed by atoms with E-state index in [1.54, 1.807) is 30.1 Å². The molecule has 42 heavy (non-hydrogen) atoms. The predicted molar refractivity (Wildman–Crippen MR) is 164 cm³/mol. The summed E-state index contributed by atoms with van der Waals surface area (Å²) in [7, 11) is 3.41. The Bertz CT molecular complexity index is 1630. The van der Waals surface area contributed by atoms with Gasteiger partial charge in [0, 0.05) is 64.0 Å². The molecule has 2 saturated heterocycles. The smallest absolute Gasteiger partial charge is 0.341 e. The molecule has 0 amide bonds. The van der Waals surface area contributed by atoms with Gasteiger partial charge in [-0.15, -0.1) is 0 Å². The summed E-state index contributed by atoms with van der Waals surface area (Å²) in [5.41, 5.74) is 3.32. The molecule has 220 valence electrons. The molecule has 4 heterocycles. The zero-order valence-corrected chi connectivity index (χ0v) is 24.5. The third-order valence-electron chi connectivity index (χ3n) is 7.98. The lowest BCUT2D eigenvalue weighted by Gasteiger charge is -2.20. The highest BCUT2D eigenvalue weighted by Gasteiger charge is 2.25. The number of aromatic nitrogens is 2. The standard InChI is InChI=1S/C31H34N4O6S/c1-39-13-14-41-24-10-11-33(18-24)21-5-3-20(4-6-21)27-16-28(36)25(30(37)38)19-35(27)22-7-8-26-29(15-22)42-31(32-26)34-12-9-23(17-34)40-2/h3-8,15-16,19,23-24H,9-14,17-18H2,1-2H3,(H,37,38). The molecule has 0 spiro atoms. The molecule has 1 N–H and O–H groups in total. The first-order valence-corrected chi connectivity index (χ1v) is 14.9. The number of carboxylic acid groups (broad SMARTS) is 1. The number of aromatic carboxylic acids is 1. The fourth-order valence-electron chi connectivity index (χ4n) is 5.65. The maximum atomic E-state index is 12.8. The minimum atomic E-state index is -1.25. The quantitative estimate of drug-likeness (QED) is 0.271. The van der Waals surface area contributed by atoms with Crippen LogP contribution in [0.1, 0.15) is 23.2 Å². The van der Waals surface area contributed by atoms with E-state index in [1.165, 1.54) is 12.3 Å². The van der Waals surface area contributed by atoms with Crippen molar-refractivity contribution in [3.05, 3.63) is 70.5 Å². The molecule has 2 atom stereocenters. The Labute approximate surface area is 247 Å². The lowest BCUT2D eigenvalue weighted by Crippen LogP contribution is -2.23. The molecule has 6 rings (SSSR count). The molecule has 2 aromatic carbocycles. The number of ether oxygens (including phenoxy) is 3. The number of carbonyl (C=O) groups is 1. The molecule has 2 aliphatic rings. The number of thiazole rings is 1. The van der Waals surface area contributed by atoms with E-state index in [0.29, 0.717) is 18.9 Å². The van der Waals surface area contributed by atoms with Crippen molar-refractivity contribution in [2.45, 2.75) is 25.0 Å². The lowest BCUT2D eigenvalue weighted by molar-refractivity contribution is 0.0280. The molecule has 0 aliphatic carbocycles. The van der Waals surface area contributed by atoms with Gasteiger partial charge in [0.15, 0.2) is 10.6 Å². The van der Waals surface area contributed by atoms with Gasteiger partial charge >= 0.3 is 5.97 Å². The molecule has 0 saturated carbocycles. The highest BCUT2D eigenvalue weighted by atomic mass is 32.1. The van der Waals surface area contributed by atoms with Crippen LogP contribution in [0, 0.1) is 0 Å². The number of carboxylic acids is 1. The second-order valence-corrected chi connectivity index (χ2v) is 11.6. The normalized spacial score (nSPS) is 18.8. The lowest BCUT2D eigenvalue weighted by atomic mass is 10.1. The maximum absolute atomic E-state index is 12.8. The van der Waals surface area contributed by atoms with Crippen molar-refractivity contribution in [3.63, 3.8) is 0 Å². The van der Waals surface area contributed by atoms with Crippen LogP contribution in [0.2, 0.25) is 0 Å². The highest BCUT2D eigenvalue weighted by molar-refractivity contribution is 7.22. The first-order chi connectivity index (χ1) is 20.4. The average Bonchev–Trinajstić information content (AvgIpc) is 3.76. The van der Waals surface area contributed by atoms with E-state index in [9.17, 15) is 14.7 Å². The number of hydrogen-bond donors (Lipinski definition) is 1. The van der Waals surface area contributed by atoms with Gasteiger partial charge in [-0.3, -0.25) is 4.79 Å².